The normalized spacial score (nSPS) is 15.1. The van der Waals surface area contributed by atoms with Crippen LogP contribution in [-0.4, -0.2) is 5.60 Å². The van der Waals surface area contributed by atoms with Gasteiger partial charge in [0.25, 0.3) is 0 Å². The Morgan fingerprint density at radius 3 is 1.50 bits per heavy atom. The van der Waals surface area contributed by atoms with Crippen LogP contribution in [-0.2, 0) is 5.11 Å². The van der Waals surface area contributed by atoms with E-state index in [-0.39, 0.29) is 0 Å². The van der Waals surface area contributed by atoms with E-state index in [9.17, 15) is 5.11 Å². The fourth-order valence-corrected chi connectivity index (χ4v) is 4.45. The van der Waals surface area contributed by atoms with E-state index in [4.69, 9.17) is 0 Å². The summed E-state index contributed by atoms with van der Waals surface area (Å²) in [5.41, 5.74) is -0.641. The first kappa shape index (κ1) is 26.0. The first-order valence-electron chi connectivity index (χ1n) is 12.3. The molecule has 0 fully saturated rings. The number of hydrogen-bond donors (Lipinski definition) is 0. The smallest absolute Gasteiger partial charge is 0.106 e. The number of unbranched alkanes of at least 4 members (excludes halogenated alkanes) is 11. The van der Waals surface area contributed by atoms with Crippen molar-refractivity contribution in [3.8, 4) is 0 Å². The summed E-state index contributed by atoms with van der Waals surface area (Å²) < 4.78 is 0. The van der Waals surface area contributed by atoms with Crippen molar-refractivity contribution in [1.29, 1.82) is 0 Å². The summed E-state index contributed by atoms with van der Waals surface area (Å²) in [5, 5.41) is 13.8. The molecule has 0 saturated carbocycles. The second kappa shape index (κ2) is 18.3. The van der Waals surface area contributed by atoms with Crippen molar-refractivity contribution in [2.24, 2.45) is 5.92 Å². The van der Waals surface area contributed by atoms with Crippen molar-refractivity contribution < 1.29 is 5.11 Å². The van der Waals surface area contributed by atoms with Gasteiger partial charge in [-0.25, -0.2) is 5.11 Å². The highest BCUT2D eigenvalue weighted by Gasteiger charge is 2.36. The van der Waals surface area contributed by atoms with Gasteiger partial charge in [0, 0.05) is 0 Å². The van der Waals surface area contributed by atoms with E-state index in [1.807, 2.05) is 0 Å². The van der Waals surface area contributed by atoms with Crippen LogP contribution in [0.25, 0.3) is 0 Å². The predicted molar refractivity (Wildman–Crippen MR) is 117 cm³/mol. The highest BCUT2D eigenvalue weighted by Crippen LogP contribution is 2.37. The highest BCUT2D eigenvalue weighted by atomic mass is 16.3. The van der Waals surface area contributed by atoms with Gasteiger partial charge in [0.05, 0.1) is 0 Å². The predicted octanol–water partition coefficient (Wildman–Crippen LogP) is 9.26. The molecule has 0 aromatic carbocycles. The molecule has 1 radical (unpaired) electrons. The lowest BCUT2D eigenvalue weighted by Gasteiger charge is -2.35. The third-order valence-corrected chi connectivity index (χ3v) is 6.18. The molecule has 0 aliphatic heterocycles. The molecule has 0 aromatic rings. The lowest BCUT2D eigenvalue weighted by molar-refractivity contribution is -0.0987. The van der Waals surface area contributed by atoms with Gasteiger partial charge in [-0.2, -0.15) is 0 Å². The van der Waals surface area contributed by atoms with Gasteiger partial charge in [0.15, 0.2) is 0 Å². The number of hydrogen-bond acceptors (Lipinski definition) is 0. The van der Waals surface area contributed by atoms with Crippen LogP contribution in [0.1, 0.15) is 150 Å². The molecule has 26 heavy (non-hydrogen) atoms. The second-order valence-electron chi connectivity index (χ2n) is 8.73. The summed E-state index contributed by atoms with van der Waals surface area (Å²) in [4.78, 5) is 0. The van der Waals surface area contributed by atoms with E-state index in [1.54, 1.807) is 0 Å². The fraction of sp³-hybridized carbons (Fsp3) is 1.00. The van der Waals surface area contributed by atoms with Crippen molar-refractivity contribution >= 4 is 0 Å². The fourth-order valence-electron chi connectivity index (χ4n) is 4.45. The standard InChI is InChI=1S/C25H51O/c1-5-9-12-14-16-18-21-24(20-11-7-3)25(26,22-8-4)23-19-17-15-13-10-6-2/h24H,5-23H2,1-4H3. The van der Waals surface area contributed by atoms with Gasteiger partial charge < -0.3 is 0 Å². The van der Waals surface area contributed by atoms with Crippen molar-refractivity contribution in [2.75, 3.05) is 0 Å². The molecule has 0 heterocycles. The maximum absolute atomic E-state index is 13.8. The van der Waals surface area contributed by atoms with Gasteiger partial charge in [-0.05, 0) is 31.6 Å². The second-order valence-corrected chi connectivity index (χ2v) is 8.73. The van der Waals surface area contributed by atoms with E-state index >= 15 is 0 Å². The van der Waals surface area contributed by atoms with Gasteiger partial charge >= 0.3 is 0 Å². The average molecular weight is 368 g/mol. The summed E-state index contributed by atoms with van der Waals surface area (Å²) >= 11 is 0. The molecule has 2 atom stereocenters. The zero-order valence-electron chi connectivity index (χ0n) is 18.9. The van der Waals surface area contributed by atoms with Crippen molar-refractivity contribution in [1.82, 2.24) is 0 Å². The van der Waals surface area contributed by atoms with Crippen LogP contribution < -0.4 is 0 Å². The summed E-state index contributed by atoms with van der Waals surface area (Å²) in [6, 6.07) is 0. The van der Waals surface area contributed by atoms with Crippen molar-refractivity contribution in [2.45, 2.75) is 155 Å². The van der Waals surface area contributed by atoms with Crippen LogP contribution in [0.4, 0.5) is 0 Å². The van der Waals surface area contributed by atoms with Gasteiger partial charge in [-0.3, -0.25) is 0 Å². The maximum atomic E-state index is 13.8. The van der Waals surface area contributed by atoms with Crippen LogP contribution in [0, 0.1) is 5.92 Å². The zero-order valence-corrected chi connectivity index (χ0v) is 18.9. The molecule has 0 bridgehead atoms. The molecule has 0 spiro atoms. The lowest BCUT2D eigenvalue weighted by atomic mass is 9.74. The van der Waals surface area contributed by atoms with Gasteiger partial charge in [-0.15, -0.1) is 0 Å². The summed E-state index contributed by atoms with van der Waals surface area (Å²) in [6.45, 7) is 9.02. The molecule has 0 aromatic heterocycles. The molecule has 157 valence electrons. The van der Waals surface area contributed by atoms with Crippen LogP contribution >= 0.6 is 0 Å². The molecule has 0 amide bonds. The molecule has 2 unspecified atom stereocenters. The van der Waals surface area contributed by atoms with E-state index in [0.29, 0.717) is 5.92 Å². The summed E-state index contributed by atoms with van der Waals surface area (Å²) in [6.07, 6.45) is 23.5. The molecular formula is C25H51O. The Kier molecular flexibility index (Phi) is 18.3. The first-order valence-corrected chi connectivity index (χ1v) is 12.3. The van der Waals surface area contributed by atoms with E-state index in [1.165, 1.54) is 96.3 Å². The molecule has 0 rings (SSSR count). The van der Waals surface area contributed by atoms with Crippen LogP contribution in [0.5, 0.6) is 0 Å². The third-order valence-electron chi connectivity index (χ3n) is 6.18. The Balaban J connectivity index is 4.44. The summed E-state index contributed by atoms with van der Waals surface area (Å²) in [5.74, 6) is 0.421. The Morgan fingerprint density at radius 2 is 0.962 bits per heavy atom. The minimum absolute atomic E-state index is 0.421. The molecule has 0 aliphatic rings. The first-order chi connectivity index (χ1) is 12.6. The molecule has 1 nitrogen and oxygen atoms in total. The average Bonchev–Trinajstić information content (AvgIpc) is 2.63. The quantitative estimate of drug-likeness (QED) is 0.191. The molecular weight excluding hydrogens is 316 g/mol. The molecule has 0 N–H and O–H groups in total. The van der Waals surface area contributed by atoms with Gasteiger partial charge in [0.1, 0.15) is 5.60 Å². The SMILES string of the molecule is CCCCCCCCC(CCCC)C([O])(CCC)CCCCCCCC. The van der Waals surface area contributed by atoms with E-state index < -0.39 is 5.60 Å². The minimum Gasteiger partial charge on any atom is -0.229 e. The minimum atomic E-state index is -0.641. The third kappa shape index (κ3) is 13.2. The molecule has 0 saturated heterocycles. The lowest BCUT2D eigenvalue weighted by Crippen LogP contribution is -2.36. The Hall–Kier alpha value is -0.0400. The Bertz CT molecular complexity index is 275. The largest absolute Gasteiger partial charge is 0.229 e. The molecule has 1 heteroatoms. The van der Waals surface area contributed by atoms with Crippen molar-refractivity contribution in [3.63, 3.8) is 0 Å². The van der Waals surface area contributed by atoms with Crippen LogP contribution in [0.3, 0.4) is 0 Å². The van der Waals surface area contributed by atoms with E-state index in [2.05, 4.69) is 27.7 Å². The zero-order chi connectivity index (χ0) is 19.5. The Labute approximate surface area is 166 Å². The van der Waals surface area contributed by atoms with Gasteiger partial charge in [0.2, 0.25) is 0 Å². The summed E-state index contributed by atoms with van der Waals surface area (Å²) in [7, 11) is 0. The maximum Gasteiger partial charge on any atom is 0.106 e. The van der Waals surface area contributed by atoms with E-state index in [0.717, 1.165) is 25.7 Å². The van der Waals surface area contributed by atoms with Crippen LogP contribution in [0.15, 0.2) is 0 Å². The van der Waals surface area contributed by atoms with Crippen LogP contribution in [0.2, 0.25) is 0 Å². The molecule has 0 aliphatic carbocycles. The number of rotatable bonds is 20. The topological polar surface area (TPSA) is 19.9 Å². The van der Waals surface area contributed by atoms with Gasteiger partial charge in [-0.1, -0.05) is 124 Å². The monoisotopic (exact) mass is 367 g/mol. The Morgan fingerprint density at radius 1 is 0.500 bits per heavy atom. The van der Waals surface area contributed by atoms with Crippen molar-refractivity contribution in [3.05, 3.63) is 0 Å². The highest BCUT2D eigenvalue weighted by molar-refractivity contribution is 4.86.